The number of hydrogen-bond acceptors (Lipinski definition) is 6. The molecule has 9 heteroatoms. The van der Waals surface area contributed by atoms with Crippen molar-refractivity contribution in [1.29, 1.82) is 5.26 Å². The Morgan fingerprint density at radius 3 is 2.83 bits per heavy atom. The van der Waals surface area contributed by atoms with Crippen molar-refractivity contribution >= 4 is 11.0 Å². The van der Waals surface area contributed by atoms with E-state index in [0.29, 0.717) is 16.9 Å². The zero-order valence-electron chi connectivity index (χ0n) is 12.3. The summed E-state index contributed by atoms with van der Waals surface area (Å²) in [5.74, 6) is 0.465. The Balaban J connectivity index is 1.81. The molecule has 0 spiro atoms. The SMILES string of the molecule is N#Cc1ncn(Cc2nc3c(cnn3-c3ccccc3)c(=O)[nH]2)n1. The topological polar surface area (TPSA) is 118 Å². The molecule has 0 aliphatic heterocycles. The molecule has 116 valence electrons. The van der Waals surface area contributed by atoms with E-state index >= 15 is 0 Å². The average Bonchev–Trinajstić information content (AvgIpc) is 3.22. The van der Waals surface area contributed by atoms with Gasteiger partial charge in [0.2, 0.25) is 0 Å². The number of nitriles is 1. The molecule has 24 heavy (non-hydrogen) atoms. The summed E-state index contributed by atoms with van der Waals surface area (Å²) in [5, 5.41) is 17.4. The molecule has 4 aromatic rings. The average molecular weight is 318 g/mol. The Morgan fingerprint density at radius 1 is 1.25 bits per heavy atom. The number of para-hydroxylation sites is 1. The number of benzene rings is 1. The first kappa shape index (κ1) is 13.8. The van der Waals surface area contributed by atoms with Crippen LogP contribution in [0.4, 0.5) is 0 Å². The molecular formula is C15H10N8O. The van der Waals surface area contributed by atoms with Gasteiger partial charge in [-0.2, -0.15) is 10.4 Å². The molecule has 0 saturated heterocycles. The fourth-order valence-corrected chi connectivity index (χ4v) is 2.37. The van der Waals surface area contributed by atoms with Crippen molar-refractivity contribution in [3.05, 3.63) is 64.9 Å². The number of aromatic nitrogens is 7. The monoisotopic (exact) mass is 318 g/mol. The fraction of sp³-hybridized carbons (Fsp3) is 0.0667. The van der Waals surface area contributed by atoms with Crippen LogP contribution in [0.3, 0.4) is 0 Å². The summed E-state index contributed by atoms with van der Waals surface area (Å²) in [5.41, 5.74) is 0.988. The van der Waals surface area contributed by atoms with Crippen LogP contribution in [-0.4, -0.2) is 34.5 Å². The second-order valence-corrected chi connectivity index (χ2v) is 5.02. The third kappa shape index (κ3) is 2.32. The number of fused-ring (bicyclic) bond motifs is 1. The van der Waals surface area contributed by atoms with Crippen LogP contribution in [0.25, 0.3) is 16.7 Å². The van der Waals surface area contributed by atoms with Gasteiger partial charge in [-0.1, -0.05) is 18.2 Å². The first-order valence-corrected chi connectivity index (χ1v) is 7.06. The highest BCUT2D eigenvalue weighted by Crippen LogP contribution is 2.13. The molecule has 3 aromatic heterocycles. The van der Waals surface area contributed by atoms with E-state index in [4.69, 9.17) is 5.26 Å². The maximum absolute atomic E-state index is 12.2. The number of aromatic amines is 1. The van der Waals surface area contributed by atoms with E-state index in [-0.39, 0.29) is 17.9 Å². The van der Waals surface area contributed by atoms with Crippen molar-refractivity contribution in [1.82, 2.24) is 34.5 Å². The third-order valence-corrected chi connectivity index (χ3v) is 3.44. The lowest BCUT2D eigenvalue weighted by molar-refractivity contribution is 0.650. The molecule has 0 bridgehead atoms. The largest absolute Gasteiger partial charge is 0.308 e. The zero-order valence-corrected chi connectivity index (χ0v) is 12.3. The van der Waals surface area contributed by atoms with Crippen LogP contribution >= 0.6 is 0 Å². The third-order valence-electron chi connectivity index (χ3n) is 3.44. The van der Waals surface area contributed by atoms with Gasteiger partial charge in [0, 0.05) is 0 Å². The molecule has 0 fully saturated rings. The standard InChI is InChI=1S/C15H10N8O/c16-6-12-17-9-22(21-12)8-13-19-14-11(15(24)20-13)7-18-23(14)10-4-2-1-3-5-10/h1-5,7,9H,8H2,(H,19,20,24). The molecule has 0 amide bonds. The molecule has 0 aliphatic rings. The molecule has 0 saturated carbocycles. The highest BCUT2D eigenvalue weighted by atomic mass is 16.1. The molecule has 0 atom stereocenters. The number of rotatable bonds is 3. The van der Waals surface area contributed by atoms with Gasteiger partial charge in [-0.15, -0.1) is 5.10 Å². The predicted octanol–water partition coefficient (Wildman–Crippen LogP) is 0.620. The van der Waals surface area contributed by atoms with Gasteiger partial charge in [-0.05, 0) is 12.1 Å². The van der Waals surface area contributed by atoms with Gasteiger partial charge in [0.05, 0.1) is 11.9 Å². The molecule has 4 rings (SSSR count). The van der Waals surface area contributed by atoms with Crippen LogP contribution < -0.4 is 5.56 Å². The second kappa shape index (κ2) is 5.44. The predicted molar refractivity (Wildman–Crippen MR) is 83.3 cm³/mol. The summed E-state index contributed by atoms with van der Waals surface area (Å²) in [4.78, 5) is 23.2. The van der Waals surface area contributed by atoms with Crippen molar-refractivity contribution in [2.75, 3.05) is 0 Å². The molecule has 1 aromatic carbocycles. The van der Waals surface area contributed by atoms with Crippen molar-refractivity contribution < 1.29 is 0 Å². The summed E-state index contributed by atoms with van der Waals surface area (Å²) in [6.07, 6.45) is 2.90. The van der Waals surface area contributed by atoms with Gasteiger partial charge in [0.1, 0.15) is 30.2 Å². The Labute approximate surface area is 134 Å². The lowest BCUT2D eigenvalue weighted by Crippen LogP contribution is -2.15. The highest BCUT2D eigenvalue weighted by Gasteiger charge is 2.12. The van der Waals surface area contributed by atoms with Crippen LogP contribution in [0.1, 0.15) is 11.6 Å². The van der Waals surface area contributed by atoms with Crippen LogP contribution in [0.15, 0.2) is 47.7 Å². The van der Waals surface area contributed by atoms with E-state index in [1.54, 1.807) is 4.68 Å². The second-order valence-electron chi connectivity index (χ2n) is 5.02. The van der Waals surface area contributed by atoms with Gasteiger partial charge in [-0.3, -0.25) is 4.79 Å². The Hall–Kier alpha value is -3.80. The summed E-state index contributed by atoms with van der Waals surface area (Å²) < 4.78 is 3.04. The van der Waals surface area contributed by atoms with Gasteiger partial charge in [-0.25, -0.2) is 19.3 Å². The summed E-state index contributed by atoms with van der Waals surface area (Å²) in [7, 11) is 0. The van der Waals surface area contributed by atoms with Crippen molar-refractivity contribution in [3.63, 3.8) is 0 Å². The van der Waals surface area contributed by atoms with Gasteiger partial charge in [0.25, 0.3) is 11.4 Å². The Kier molecular flexibility index (Phi) is 3.13. The quantitative estimate of drug-likeness (QED) is 0.591. The van der Waals surface area contributed by atoms with E-state index in [1.807, 2.05) is 36.4 Å². The maximum atomic E-state index is 12.2. The van der Waals surface area contributed by atoms with E-state index < -0.39 is 0 Å². The molecule has 1 N–H and O–H groups in total. The van der Waals surface area contributed by atoms with E-state index in [9.17, 15) is 4.79 Å². The van der Waals surface area contributed by atoms with Gasteiger partial charge < -0.3 is 4.98 Å². The van der Waals surface area contributed by atoms with Crippen molar-refractivity contribution in [2.45, 2.75) is 6.54 Å². The van der Waals surface area contributed by atoms with Crippen molar-refractivity contribution in [3.8, 4) is 11.8 Å². The van der Waals surface area contributed by atoms with Crippen LogP contribution in [0, 0.1) is 11.3 Å². The van der Waals surface area contributed by atoms with Gasteiger partial charge >= 0.3 is 0 Å². The van der Waals surface area contributed by atoms with Crippen LogP contribution in [0.5, 0.6) is 0 Å². The minimum Gasteiger partial charge on any atom is -0.308 e. The minimum absolute atomic E-state index is 0.0627. The summed E-state index contributed by atoms with van der Waals surface area (Å²) >= 11 is 0. The van der Waals surface area contributed by atoms with Gasteiger partial charge in [0.15, 0.2) is 5.65 Å². The molecule has 0 aliphatic carbocycles. The number of nitrogens with one attached hydrogen (secondary N) is 1. The molecule has 9 nitrogen and oxygen atoms in total. The van der Waals surface area contributed by atoms with Crippen LogP contribution in [0.2, 0.25) is 0 Å². The van der Waals surface area contributed by atoms with E-state index in [2.05, 4.69) is 25.1 Å². The summed E-state index contributed by atoms with van der Waals surface area (Å²) in [6, 6.07) is 11.3. The fourth-order valence-electron chi connectivity index (χ4n) is 2.37. The highest BCUT2D eigenvalue weighted by molar-refractivity contribution is 5.75. The lowest BCUT2D eigenvalue weighted by Gasteiger charge is -2.04. The summed E-state index contributed by atoms with van der Waals surface area (Å²) in [6.45, 7) is 0.194. The number of hydrogen-bond donors (Lipinski definition) is 1. The smallest absolute Gasteiger partial charge is 0.262 e. The molecule has 0 unspecified atom stereocenters. The van der Waals surface area contributed by atoms with Crippen molar-refractivity contribution in [2.24, 2.45) is 0 Å². The maximum Gasteiger partial charge on any atom is 0.262 e. The number of nitrogens with zero attached hydrogens (tertiary/aromatic N) is 7. The van der Waals surface area contributed by atoms with Crippen LogP contribution in [-0.2, 0) is 6.54 Å². The molecular weight excluding hydrogens is 308 g/mol. The zero-order chi connectivity index (χ0) is 16.5. The lowest BCUT2D eigenvalue weighted by atomic mass is 10.3. The first-order valence-electron chi connectivity index (χ1n) is 7.06. The Bertz CT molecular complexity index is 1120. The minimum atomic E-state index is -0.280. The van der Waals surface area contributed by atoms with E-state index in [0.717, 1.165) is 5.69 Å². The first-order chi connectivity index (χ1) is 11.7. The molecule has 3 heterocycles. The molecule has 0 radical (unpaired) electrons. The van der Waals surface area contributed by atoms with E-state index in [1.165, 1.54) is 17.2 Å². The Morgan fingerprint density at radius 2 is 2.08 bits per heavy atom. The normalized spacial score (nSPS) is 10.8. The number of H-pyrrole nitrogens is 1.